The summed E-state index contributed by atoms with van der Waals surface area (Å²) in [6.45, 7) is 0.634. The number of amidine groups is 1. The number of sulfonamides is 1. The summed E-state index contributed by atoms with van der Waals surface area (Å²) in [5.41, 5.74) is 0.564. The van der Waals surface area contributed by atoms with E-state index in [1.54, 1.807) is 56.7 Å². The molecule has 0 aliphatic carbocycles. The number of nitrogens with zero attached hydrogens (tertiary/aromatic N) is 2. The minimum Gasteiger partial charge on any atom is -0.497 e. The van der Waals surface area contributed by atoms with Crippen molar-refractivity contribution in [1.82, 2.24) is 4.90 Å². The monoisotopic (exact) mass is 491 g/mol. The maximum atomic E-state index is 13.0. The number of anilines is 1. The van der Waals surface area contributed by atoms with Crippen LogP contribution in [0.25, 0.3) is 0 Å². The van der Waals surface area contributed by atoms with Gasteiger partial charge in [0.05, 0.1) is 12.0 Å². The van der Waals surface area contributed by atoms with Crippen LogP contribution < -0.4 is 10.1 Å². The summed E-state index contributed by atoms with van der Waals surface area (Å²) in [5.74, 6) is -0.0697. The number of hydrogen-bond acceptors (Lipinski definition) is 7. The first-order chi connectivity index (χ1) is 15.8. The highest BCUT2D eigenvalue weighted by atomic mass is 32.2. The molecule has 9 nitrogen and oxygen atoms in total. The highest BCUT2D eigenvalue weighted by Gasteiger charge is 2.40. The number of ether oxygens (including phenoxy) is 2. The van der Waals surface area contributed by atoms with E-state index in [-0.39, 0.29) is 34.8 Å². The Kier molecular flexibility index (Phi) is 8.48. The molecule has 2 amide bonds. The zero-order valence-electron chi connectivity index (χ0n) is 18.3. The lowest BCUT2D eigenvalue weighted by atomic mass is 10.2. The zero-order chi connectivity index (χ0) is 23.8. The summed E-state index contributed by atoms with van der Waals surface area (Å²) >= 11 is 0.977. The standard InChI is InChI=1S/C22H25N3O6S2/c1-30-14-6-13-25-21(27)19(15-20(26)23-16-9-11-17(31-2)12-10-16)32-22(25)24-33(28,29)18-7-4-3-5-8-18/h3-5,7-12,19H,6,13-15H2,1-2H3,(H,23,26)/t19-/m1/s1. The quantitative estimate of drug-likeness (QED) is 0.508. The highest BCUT2D eigenvalue weighted by molar-refractivity contribution is 8.16. The smallest absolute Gasteiger partial charge is 0.284 e. The summed E-state index contributed by atoms with van der Waals surface area (Å²) in [5, 5.41) is 2.02. The van der Waals surface area contributed by atoms with Crippen LogP contribution in [0.2, 0.25) is 0 Å². The summed E-state index contributed by atoms with van der Waals surface area (Å²) in [6, 6.07) is 14.6. The van der Waals surface area contributed by atoms with Gasteiger partial charge < -0.3 is 14.8 Å². The molecule has 0 spiro atoms. The Labute approximate surface area is 197 Å². The van der Waals surface area contributed by atoms with E-state index in [0.29, 0.717) is 24.5 Å². The Morgan fingerprint density at radius 2 is 1.82 bits per heavy atom. The van der Waals surface area contributed by atoms with Gasteiger partial charge in [0.15, 0.2) is 5.17 Å². The fraction of sp³-hybridized carbons (Fsp3) is 0.318. The van der Waals surface area contributed by atoms with Gasteiger partial charge in [-0.15, -0.1) is 4.40 Å². The van der Waals surface area contributed by atoms with Gasteiger partial charge in [-0.3, -0.25) is 14.5 Å². The number of amides is 2. The van der Waals surface area contributed by atoms with Crippen molar-refractivity contribution >= 4 is 44.5 Å². The van der Waals surface area contributed by atoms with Crippen LogP contribution in [0.15, 0.2) is 63.9 Å². The van der Waals surface area contributed by atoms with E-state index in [1.165, 1.54) is 17.0 Å². The first-order valence-electron chi connectivity index (χ1n) is 10.1. The van der Waals surface area contributed by atoms with Crippen LogP contribution in [-0.2, 0) is 24.3 Å². The second-order valence-electron chi connectivity index (χ2n) is 7.09. The number of carbonyl (C=O) groups excluding carboxylic acids is 2. The SMILES string of the molecule is COCCCN1C(=O)[C@@H](CC(=O)Nc2ccc(OC)cc2)SC1=NS(=O)(=O)c1ccccc1. The Hall–Kier alpha value is -2.89. The predicted octanol–water partition coefficient (Wildman–Crippen LogP) is 2.75. The van der Waals surface area contributed by atoms with Crippen LogP contribution in [-0.4, -0.2) is 62.9 Å². The Morgan fingerprint density at radius 1 is 1.12 bits per heavy atom. The Morgan fingerprint density at radius 3 is 2.45 bits per heavy atom. The topological polar surface area (TPSA) is 114 Å². The lowest BCUT2D eigenvalue weighted by molar-refractivity contribution is -0.128. The molecule has 176 valence electrons. The van der Waals surface area contributed by atoms with Crippen LogP contribution >= 0.6 is 11.8 Å². The minimum absolute atomic E-state index is 0.0306. The van der Waals surface area contributed by atoms with Crippen molar-refractivity contribution in [2.24, 2.45) is 4.40 Å². The molecule has 2 aromatic rings. The van der Waals surface area contributed by atoms with Crippen molar-refractivity contribution in [3.63, 3.8) is 0 Å². The molecule has 1 heterocycles. The molecule has 1 aliphatic heterocycles. The third kappa shape index (κ3) is 6.56. The maximum Gasteiger partial charge on any atom is 0.284 e. The van der Waals surface area contributed by atoms with Gasteiger partial charge in [0.2, 0.25) is 11.8 Å². The molecule has 0 radical (unpaired) electrons. The molecule has 1 saturated heterocycles. The van der Waals surface area contributed by atoms with Crippen LogP contribution in [0.5, 0.6) is 5.75 Å². The molecule has 1 atom stereocenters. The number of hydrogen-bond donors (Lipinski definition) is 1. The number of benzene rings is 2. The van der Waals surface area contributed by atoms with E-state index in [4.69, 9.17) is 9.47 Å². The van der Waals surface area contributed by atoms with Crippen LogP contribution in [0, 0.1) is 0 Å². The first kappa shape index (κ1) is 24.7. The minimum atomic E-state index is -4.01. The average Bonchev–Trinajstić information content (AvgIpc) is 3.08. The fourth-order valence-electron chi connectivity index (χ4n) is 3.08. The summed E-state index contributed by atoms with van der Waals surface area (Å²) in [4.78, 5) is 26.9. The number of carbonyl (C=O) groups is 2. The molecular formula is C22H25N3O6S2. The summed E-state index contributed by atoms with van der Waals surface area (Å²) in [7, 11) is -0.917. The number of methoxy groups -OCH3 is 2. The highest BCUT2D eigenvalue weighted by Crippen LogP contribution is 2.31. The van der Waals surface area contributed by atoms with Gasteiger partial charge in [0.25, 0.3) is 10.0 Å². The first-order valence-corrected chi connectivity index (χ1v) is 12.5. The third-order valence-electron chi connectivity index (χ3n) is 4.73. The van der Waals surface area contributed by atoms with Crippen molar-refractivity contribution in [3.8, 4) is 5.75 Å². The van der Waals surface area contributed by atoms with Gasteiger partial charge in [-0.2, -0.15) is 8.42 Å². The van der Waals surface area contributed by atoms with Gasteiger partial charge >= 0.3 is 0 Å². The van der Waals surface area contributed by atoms with E-state index in [0.717, 1.165) is 11.8 Å². The zero-order valence-corrected chi connectivity index (χ0v) is 19.9. The molecule has 1 aliphatic rings. The normalized spacial score (nSPS) is 17.4. The van der Waals surface area contributed by atoms with E-state index in [2.05, 4.69) is 9.71 Å². The van der Waals surface area contributed by atoms with E-state index in [1.807, 2.05) is 0 Å². The van der Waals surface area contributed by atoms with Crippen LogP contribution in [0.1, 0.15) is 12.8 Å². The largest absolute Gasteiger partial charge is 0.497 e. The van der Waals surface area contributed by atoms with Crippen LogP contribution in [0.3, 0.4) is 0 Å². The summed E-state index contributed by atoms with van der Waals surface area (Å²) in [6.07, 6.45) is 0.374. The van der Waals surface area contributed by atoms with Crippen molar-refractivity contribution in [1.29, 1.82) is 0 Å². The molecule has 33 heavy (non-hydrogen) atoms. The molecule has 3 rings (SSSR count). The molecule has 11 heteroatoms. The number of nitrogens with one attached hydrogen (secondary N) is 1. The van der Waals surface area contributed by atoms with Crippen LogP contribution in [0.4, 0.5) is 5.69 Å². The van der Waals surface area contributed by atoms with E-state index < -0.39 is 15.3 Å². The second kappa shape index (κ2) is 11.3. The molecule has 1 N–H and O–H groups in total. The van der Waals surface area contributed by atoms with Gasteiger partial charge in [0.1, 0.15) is 11.0 Å². The fourth-order valence-corrected chi connectivity index (χ4v) is 5.49. The van der Waals surface area contributed by atoms with E-state index in [9.17, 15) is 18.0 Å². The third-order valence-corrected chi connectivity index (χ3v) is 7.31. The molecule has 0 aromatic heterocycles. The lowest BCUT2D eigenvalue weighted by Gasteiger charge is -2.16. The van der Waals surface area contributed by atoms with E-state index >= 15 is 0 Å². The maximum absolute atomic E-state index is 13.0. The molecular weight excluding hydrogens is 466 g/mol. The van der Waals surface area contributed by atoms with Crippen molar-refractivity contribution in [2.75, 3.05) is 32.7 Å². The molecule has 0 saturated carbocycles. The van der Waals surface area contributed by atoms with Gasteiger partial charge in [-0.25, -0.2) is 0 Å². The van der Waals surface area contributed by atoms with Crippen molar-refractivity contribution in [2.45, 2.75) is 23.0 Å². The Balaban J connectivity index is 1.76. The van der Waals surface area contributed by atoms with Crippen molar-refractivity contribution in [3.05, 3.63) is 54.6 Å². The van der Waals surface area contributed by atoms with Gasteiger partial charge in [-0.05, 0) is 42.8 Å². The molecule has 0 unspecified atom stereocenters. The van der Waals surface area contributed by atoms with Gasteiger partial charge in [-0.1, -0.05) is 30.0 Å². The van der Waals surface area contributed by atoms with Gasteiger partial charge in [0, 0.05) is 32.4 Å². The summed E-state index contributed by atoms with van der Waals surface area (Å²) < 4.78 is 39.5. The van der Waals surface area contributed by atoms with Crippen molar-refractivity contribution < 1.29 is 27.5 Å². The molecule has 2 aromatic carbocycles. The Bertz CT molecular complexity index is 1100. The average molecular weight is 492 g/mol. The predicted molar refractivity (Wildman–Crippen MR) is 127 cm³/mol. The second-order valence-corrected chi connectivity index (χ2v) is 9.86. The number of rotatable bonds is 10. The molecule has 0 bridgehead atoms. The number of thioether (sulfide) groups is 1. The molecule has 1 fully saturated rings. The lowest BCUT2D eigenvalue weighted by Crippen LogP contribution is -2.35.